The zero-order valence-electron chi connectivity index (χ0n) is 11.6. The molecule has 0 radical (unpaired) electrons. The molecule has 0 spiro atoms. The van der Waals surface area contributed by atoms with E-state index < -0.39 is 5.79 Å². The van der Waals surface area contributed by atoms with Crippen LogP contribution < -0.4 is 0 Å². The van der Waals surface area contributed by atoms with Gasteiger partial charge in [0.1, 0.15) is 0 Å². The van der Waals surface area contributed by atoms with Crippen LogP contribution in [0.25, 0.3) is 0 Å². The molecule has 1 heterocycles. The Bertz CT molecular complexity index is 357. The molecule has 18 heavy (non-hydrogen) atoms. The van der Waals surface area contributed by atoms with Crippen molar-refractivity contribution in [2.45, 2.75) is 58.0 Å². The number of carbonyl (C=O) groups is 1. The van der Waals surface area contributed by atoms with Crippen LogP contribution in [0.15, 0.2) is 11.6 Å². The van der Waals surface area contributed by atoms with E-state index in [0.29, 0.717) is 12.0 Å². The van der Waals surface area contributed by atoms with Gasteiger partial charge in [0.25, 0.3) is 0 Å². The lowest BCUT2D eigenvalue weighted by Crippen LogP contribution is -2.34. The third-order valence-electron chi connectivity index (χ3n) is 4.01. The molecule has 0 aromatic heterocycles. The standard InChI is InChI=1S/C14H22O4/c1-5-14(6-2)17-11-8-10(13(15)16-4)7-9(3)12(11)18-14/h7,9,11-12H,5-6,8H2,1-4H3/t9-,11+,12-/m0/s1. The Kier molecular flexibility index (Phi) is 3.78. The predicted octanol–water partition coefficient (Wildman–Crippen LogP) is 2.43. The highest BCUT2D eigenvalue weighted by Gasteiger charge is 2.49. The SMILES string of the molecule is CCC1(CC)O[C@H]2[C@@H](C)C=C(C(=O)OC)C[C@H]2O1. The van der Waals surface area contributed by atoms with Gasteiger partial charge in [0.05, 0.1) is 19.3 Å². The molecule has 2 rings (SSSR count). The van der Waals surface area contributed by atoms with E-state index in [-0.39, 0.29) is 24.1 Å². The smallest absolute Gasteiger partial charge is 0.333 e. The van der Waals surface area contributed by atoms with Crippen LogP contribution in [0, 0.1) is 5.92 Å². The van der Waals surface area contributed by atoms with E-state index in [2.05, 4.69) is 20.8 Å². The van der Waals surface area contributed by atoms with Gasteiger partial charge in [-0.1, -0.05) is 26.8 Å². The molecule has 4 heteroatoms. The highest BCUT2D eigenvalue weighted by Crippen LogP contribution is 2.42. The van der Waals surface area contributed by atoms with Crippen LogP contribution in [0.4, 0.5) is 0 Å². The number of hydrogen-bond donors (Lipinski definition) is 0. The molecule has 1 aliphatic carbocycles. The van der Waals surface area contributed by atoms with E-state index in [4.69, 9.17) is 14.2 Å². The quantitative estimate of drug-likeness (QED) is 0.726. The molecule has 1 saturated heterocycles. The van der Waals surface area contributed by atoms with Crippen LogP contribution >= 0.6 is 0 Å². The number of carbonyl (C=O) groups excluding carboxylic acids is 1. The van der Waals surface area contributed by atoms with Crippen molar-refractivity contribution in [3.05, 3.63) is 11.6 Å². The lowest BCUT2D eigenvalue weighted by Gasteiger charge is -2.27. The number of esters is 1. The molecule has 0 N–H and O–H groups in total. The zero-order valence-corrected chi connectivity index (χ0v) is 11.6. The molecule has 0 aromatic carbocycles. The molecule has 0 amide bonds. The minimum absolute atomic E-state index is 0.0287. The van der Waals surface area contributed by atoms with Crippen molar-refractivity contribution >= 4 is 5.97 Å². The summed E-state index contributed by atoms with van der Waals surface area (Å²) >= 11 is 0. The Morgan fingerprint density at radius 2 is 2.11 bits per heavy atom. The first-order chi connectivity index (χ1) is 8.55. The minimum atomic E-state index is -0.469. The highest BCUT2D eigenvalue weighted by molar-refractivity contribution is 5.88. The fraction of sp³-hybridized carbons (Fsp3) is 0.786. The maximum atomic E-state index is 11.6. The molecule has 4 nitrogen and oxygen atoms in total. The van der Waals surface area contributed by atoms with Crippen molar-refractivity contribution < 1.29 is 19.0 Å². The van der Waals surface area contributed by atoms with Crippen molar-refractivity contribution in [1.82, 2.24) is 0 Å². The molecule has 0 saturated carbocycles. The van der Waals surface area contributed by atoms with Crippen molar-refractivity contribution in [2.75, 3.05) is 7.11 Å². The van der Waals surface area contributed by atoms with Gasteiger partial charge in [0, 0.05) is 17.9 Å². The van der Waals surface area contributed by atoms with Gasteiger partial charge in [0.15, 0.2) is 5.79 Å². The Balaban J connectivity index is 2.16. The monoisotopic (exact) mass is 254 g/mol. The van der Waals surface area contributed by atoms with Crippen LogP contribution in [0.2, 0.25) is 0 Å². The molecule has 2 aliphatic rings. The van der Waals surface area contributed by atoms with E-state index in [1.165, 1.54) is 7.11 Å². The third kappa shape index (κ3) is 2.19. The van der Waals surface area contributed by atoms with E-state index in [0.717, 1.165) is 12.8 Å². The first-order valence-corrected chi connectivity index (χ1v) is 6.70. The molecular formula is C14H22O4. The summed E-state index contributed by atoms with van der Waals surface area (Å²) in [6.45, 7) is 6.20. The van der Waals surface area contributed by atoms with Crippen LogP contribution in [0.5, 0.6) is 0 Å². The van der Waals surface area contributed by atoms with Gasteiger partial charge in [-0.25, -0.2) is 4.79 Å². The average Bonchev–Trinajstić information content (AvgIpc) is 2.78. The largest absolute Gasteiger partial charge is 0.466 e. The first-order valence-electron chi connectivity index (χ1n) is 6.70. The van der Waals surface area contributed by atoms with Crippen molar-refractivity contribution in [1.29, 1.82) is 0 Å². The summed E-state index contributed by atoms with van der Waals surface area (Å²) < 4.78 is 17.0. The molecule has 1 fully saturated rings. The third-order valence-corrected chi connectivity index (χ3v) is 4.01. The van der Waals surface area contributed by atoms with Gasteiger partial charge in [-0.05, 0) is 12.8 Å². The average molecular weight is 254 g/mol. The minimum Gasteiger partial charge on any atom is -0.466 e. The second-order valence-corrected chi connectivity index (χ2v) is 5.10. The van der Waals surface area contributed by atoms with E-state index >= 15 is 0 Å². The lowest BCUT2D eigenvalue weighted by molar-refractivity contribution is -0.180. The van der Waals surface area contributed by atoms with Gasteiger partial charge in [-0.3, -0.25) is 0 Å². The number of hydrogen-bond acceptors (Lipinski definition) is 4. The second-order valence-electron chi connectivity index (χ2n) is 5.10. The maximum Gasteiger partial charge on any atom is 0.333 e. The normalized spacial score (nSPS) is 33.8. The second kappa shape index (κ2) is 5.02. The molecule has 0 bridgehead atoms. The predicted molar refractivity (Wildman–Crippen MR) is 66.9 cm³/mol. The summed E-state index contributed by atoms with van der Waals surface area (Å²) in [7, 11) is 1.41. The van der Waals surface area contributed by atoms with Gasteiger partial charge >= 0.3 is 5.97 Å². The number of methoxy groups -OCH3 is 1. The Morgan fingerprint density at radius 3 is 2.67 bits per heavy atom. The summed E-state index contributed by atoms with van der Waals surface area (Å²) in [4.78, 5) is 11.6. The fourth-order valence-electron chi connectivity index (χ4n) is 2.86. The molecule has 1 aliphatic heterocycles. The Hall–Kier alpha value is -0.870. The number of rotatable bonds is 3. The summed E-state index contributed by atoms with van der Waals surface area (Å²) in [5.74, 6) is -0.546. The van der Waals surface area contributed by atoms with Gasteiger partial charge in [0.2, 0.25) is 0 Å². The topological polar surface area (TPSA) is 44.8 Å². The van der Waals surface area contributed by atoms with Gasteiger partial charge in [-0.2, -0.15) is 0 Å². The van der Waals surface area contributed by atoms with E-state index in [1.54, 1.807) is 0 Å². The van der Waals surface area contributed by atoms with Crippen LogP contribution in [-0.4, -0.2) is 31.1 Å². The van der Waals surface area contributed by atoms with Crippen molar-refractivity contribution in [3.8, 4) is 0 Å². The van der Waals surface area contributed by atoms with E-state index in [1.807, 2.05) is 6.08 Å². The molecule has 102 valence electrons. The van der Waals surface area contributed by atoms with Crippen molar-refractivity contribution in [3.63, 3.8) is 0 Å². The van der Waals surface area contributed by atoms with E-state index in [9.17, 15) is 4.79 Å². The number of fused-ring (bicyclic) bond motifs is 1. The molecule has 0 unspecified atom stereocenters. The molecule has 3 atom stereocenters. The van der Waals surface area contributed by atoms with Crippen LogP contribution in [-0.2, 0) is 19.0 Å². The fourth-order valence-corrected chi connectivity index (χ4v) is 2.86. The zero-order chi connectivity index (χ0) is 13.3. The Labute approximate surface area is 108 Å². The highest BCUT2D eigenvalue weighted by atomic mass is 16.8. The summed E-state index contributed by atoms with van der Waals surface area (Å²) in [5, 5.41) is 0. The van der Waals surface area contributed by atoms with Crippen LogP contribution in [0.3, 0.4) is 0 Å². The van der Waals surface area contributed by atoms with Crippen LogP contribution in [0.1, 0.15) is 40.0 Å². The summed E-state index contributed by atoms with van der Waals surface area (Å²) in [6, 6.07) is 0. The summed E-state index contributed by atoms with van der Waals surface area (Å²) in [5.41, 5.74) is 0.706. The maximum absolute atomic E-state index is 11.6. The lowest BCUT2D eigenvalue weighted by atomic mass is 9.87. The molecular weight excluding hydrogens is 232 g/mol. The Morgan fingerprint density at radius 1 is 1.44 bits per heavy atom. The van der Waals surface area contributed by atoms with Crippen molar-refractivity contribution in [2.24, 2.45) is 5.92 Å². The number of ether oxygens (including phenoxy) is 3. The first kappa shape index (κ1) is 13.6. The van der Waals surface area contributed by atoms with Gasteiger partial charge in [-0.15, -0.1) is 0 Å². The van der Waals surface area contributed by atoms with Gasteiger partial charge < -0.3 is 14.2 Å². The summed E-state index contributed by atoms with van der Waals surface area (Å²) in [6.07, 6.45) is 4.23. The molecule has 0 aromatic rings.